The molecule has 1 aliphatic rings. The summed E-state index contributed by atoms with van der Waals surface area (Å²) in [7, 11) is 10.5. The molecular formula is C18H38N6O6. The van der Waals surface area contributed by atoms with Gasteiger partial charge in [0.05, 0.1) is 37.9 Å². The first-order valence-corrected chi connectivity index (χ1v) is 9.88. The number of hydrogen-bond acceptors (Lipinski definition) is 9. The van der Waals surface area contributed by atoms with Gasteiger partial charge in [-0.2, -0.15) is 0 Å². The van der Waals surface area contributed by atoms with Crippen LogP contribution in [0.25, 0.3) is 0 Å². The number of nitrogens with zero attached hydrogens (tertiary/aromatic N) is 6. The van der Waals surface area contributed by atoms with Gasteiger partial charge in [0, 0.05) is 19.6 Å². The number of carbonyl (C=O) groups is 2. The molecule has 1 heterocycles. The van der Waals surface area contributed by atoms with Crippen LogP contribution >= 0.6 is 0 Å². The van der Waals surface area contributed by atoms with Gasteiger partial charge in [0.15, 0.2) is 0 Å². The number of hydrogen-bond donors (Lipinski definition) is 4. The summed E-state index contributed by atoms with van der Waals surface area (Å²) in [5, 5.41) is 41.5. The summed E-state index contributed by atoms with van der Waals surface area (Å²) < 4.78 is 0. The van der Waals surface area contributed by atoms with E-state index in [1.807, 2.05) is 0 Å². The third kappa shape index (κ3) is 7.95. The molecule has 0 aromatic rings. The Morgan fingerprint density at radius 2 is 1.00 bits per heavy atom. The van der Waals surface area contributed by atoms with Gasteiger partial charge in [-0.15, -0.1) is 0 Å². The van der Waals surface area contributed by atoms with Crippen LogP contribution in [-0.2, 0) is 0 Å². The molecular weight excluding hydrogens is 396 g/mol. The SMILES string of the molecule is CN(C)CC(O)CN1C(=O)N(CC(O)CN(C)C)C(O)N(CC(O)CN(C)C)C1=O. The number of likely N-dealkylation sites (N-methyl/N-ethyl adjacent to an activating group) is 3. The van der Waals surface area contributed by atoms with Crippen LogP contribution in [0, 0.1) is 0 Å². The third-order valence-corrected chi connectivity index (χ3v) is 4.45. The van der Waals surface area contributed by atoms with Crippen molar-refractivity contribution in [3.63, 3.8) is 0 Å². The van der Waals surface area contributed by atoms with Gasteiger partial charge >= 0.3 is 12.1 Å². The molecule has 0 radical (unpaired) electrons. The fourth-order valence-electron chi connectivity index (χ4n) is 3.36. The first-order chi connectivity index (χ1) is 13.8. The second kappa shape index (κ2) is 11.7. The minimum absolute atomic E-state index is 0.216. The molecule has 0 bridgehead atoms. The van der Waals surface area contributed by atoms with Crippen molar-refractivity contribution >= 4 is 12.1 Å². The molecule has 0 saturated carbocycles. The number of aliphatic hydroxyl groups excluding tert-OH is 4. The summed E-state index contributed by atoms with van der Waals surface area (Å²) in [4.78, 5) is 33.8. The Hall–Kier alpha value is -1.54. The topological polar surface area (TPSA) is 134 Å². The molecule has 3 unspecified atom stereocenters. The van der Waals surface area contributed by atoms with Crippen LogP contribution in [-0.4, -0.2) is 168 Å². The van der Waals surface area contributed by atoms with Gasteiger partial charge in [-0.3, -0.25) is 9.80 Å². The number of amides is 4. The highest BCUT2D eigenvalue weighted by molar-refractivity contribution is 5.96. The monoisotopic (exact) mass is 434 g/mol. The molecule has 12 heteroatoms. The van der Waals surface area contributed by atoms with Crippen molar-refractivity contribution in [2.45, 2.75) is 24.7 Å². The lowest BCUT2D eigenvalue weighted by Gasteiger charge is -2.46. The predicted octanol–water partition coefficient (Wildman–Crippen LogP) is -2.81. The zero-order valence-corrected chi connectivity index (χ0v) is 18.8. The van der Waals surface area contributed by atoms with Crippen molar-refractivity contribution in [3.8, 4) is 0 Å². The van der Waals surface area contributed by atoms with E-state index in [9.17, 15) is 30.0 Å². The minimum atomic E-state index is -1.64. The Morgan fingerprint density at radius 1 is 0.700 bits per heavy atom. The molecule has 12 nitrogen and oxygen atoms in total. The fourth-order valence-corrected chi connectivity index (χ4v) is 3.36. The molecule has 176 valence electrons. The lowest BCUT2D eigenvalue weighted by atomic mass is 10.2. The maximum Gasteiger partial charge on any atom is 0.331 e. The van der Waals surface area contributed by atoms with Gasteiger partial charge in [-0.1, -0.05) is 0 Å². The highest BCUT2D eigenvalue weighted by atomic mass is 16.3. The summed E-state index contributed by atoms with van der Waals surface area (Å²) in [5.41, 5.74) is 0. The number of aliphatic hydroxyl groups is 4. The molecule has 3 atom stereocenters. The van der Waals surface area contributed by atoms with Gasteiger partial charge in [0.2, 0.25) is 6.35 Å². The van der Waals surface area contributed by atoms with Gasteiger partial charge < -0.3 is 35.1 Å². The molecule has 1 saturated heterocycles. The summed E-state index contributed by atoms with van der Waals surface area (Å²) in [5.74, 6) is 0. The molecule has 1 fully saturated rings. The molecule has 1 aliphatic heterocycles. The maximum atomic E-state index is 12.9. The van der Waals surface area contributed by atoms with Crippen molar-refractivity contribution in [1.82, 2.24) is 29.4 Å². The predicted molar refractivity (Wildman–Crippen MR) is 111 cm³/mol. The summed E-state index contributed by atoms with van der Waals surface area (Å²) in [6.45, 7) is 0.0151. The molecule has 30 heavy (non-hydrogen) atoms. The quantitative estimate of drug-likeness (QED) is 0.257. The number of urea groups is 2. The van der Waals surface area contributed by atoms with Crippen LogP contribution in [0.15, 0.2) is 0 Å². The fraction of sp³-hybridized carbons (Fsp3) is 0.889. The van der Waals surface area contributed by atoms with Gasteiger partial charge in [-0.25, -0.2) is 14.5 Å². The van der Waals surface area contributed by atoms with E-state index in [2.05, 4.69) is 0 Å². The van der Waals surface area contributed by atoms with E-state index in [4.69, 9.17) is 0 Å². The minimum Gasteiger partial charge on any atom is -0.390 e. The van der Waals surface area contributed by atoms with Crippen LogP contribution in [0.3, 0.4) is 0 Å². The van der Waals surface area contributed by atoms with Crippen LogP contribution in [0.2, 0.25) is 0 Å². The van der Waals surface area contributed by atoms with Crippen molar-refractivity contribution in [1.29, 1.82) is 0 Å². The summed E-state index contributed by atoms with van der Waals surface area (Å²) in [6, 6.07) is -1.61. The molecule has 0 aromatic carbocycles. The standard InChI is InChI=1S/C18H38N6O6/c1-19(2)7-13(25)10-22-16(28)23(11-14(26)8-20(3)4)18(30)24(17(22)29)12-15(27)9-21(5)6/h13-16,25-28H,7-12H2,1-6H3. The van der Waals surface area contributed by atoms with Crippen molar-refractivity contribution in [2.24, 2.45) is 0 Å². The van der Waals surface area contributed by atoms with Gasteiger partial charge in [-0.05, 0) is 42.3 Å². The molecule has 4 amide bonds. The van der Waals surface area contributed by atoms with Crippen molar-refractivity contribution in [2.75, 3.05) is 81.6 Å². The second-order valence-corrected chi connectivity index (χ2v) is 8.58. The van der Waals surface area contributed by atoms with E-state index >= 15 is 0 Å². The van der Waals surface area contributed by atoms with E-state index in [0.717, 1.165) is 14.7 Å². The van der Waals surface area contributed by atoms with Gasteiger partial charge in [0.1, 0.15) is 0 Å². The Labute approximate surface area is 178 Å². The lowest BCUT2D eigenvalue weighted by molar-refractivity contribution is -0.115. The number of carbonyl (C=O) groups excluding carboxylic acids is 2. The van der Waals surface area contributed by atoms with Crippen LogP contribution in [0.1, 0.15) is 0 Å². The van der Waals surface area contributed by atoms with Crippen molar-refractivity contribution < 1.29 is 30.0 Å². The Kier molecular flexibility index (Phi) is 10.4. The Bertz CT molecular complexity index is 525. The average Bonchev–Trinajstić information content (AvgIpc) is 2.57. The average molecular weight is 435 g/mol. The van der Waals surface area contributed by atoms with Crippen molar-refractivity contribution in [3.05, 3.63) is 0 Å². The van der Waals surface area contributed by atoms with Crippen LogP contribution in [0.5, 0.6) is 0 Å². The Balaban J connectivity index is 3.08. The second-order valence-electron chi connectivity index (χ2n) is 8.58. The lowest BCUT2D eigenvalue weighted by Crippen LogP contribution is -2.69. The highest BCUT2D eigenvalue weighted by Crippen LogP contribution is 2.20. The largest absolute Gasteiger partial charge is 0.390 e. The zero-order valence-electron chi connectivity index (χ0n) is 18.8. The Morgan fingerprint density at radius 3 is 1.30 bits per heavy atom. The zero-order chi connectivity index (χ0) is 23.2. The maximum absolute atomic E-state index is 12.9. The molecule has 4 N–H and O–H groups in total. The molecule has 0 aromatic heterocycles. The van der Waals surface area contributed by atoms with Crippen LogP contribution < -0.4 is 0 Å². The molecule has 1 rings (SSSR count). The highest BCUT2D eigenvalue weighted by Gasteiger charge is 2.45. The molecule has 0 aliphatic carbocycles. The summed E-state index contributed by atoms with van der Waals surface area (Å²) in [6.07, 6.45) is -4.56. The molecule has 0 spiro atoms. The normalized spacial score (nSPS) is 21.2. The third-order valence-electron chi connectivity index (χ3n) is 4.45. The number of β-amino-alcohol motifs (C(OH)–C–C–N with tert-alkyl or cyclic N) is 3. The van der Waals surface area contributed by atoms with E-state index < -0.39 is 36.7 Å². The smallest absolute Gasteiger partial charge is 0.331 e. The summed E-state index contributed by atoms with van der Waals surface area (Å²) >= 11 is 0. The van der Waals surface area contributed by atoms with E-state index in [-0.39, 0.29) is 39.3 Å². The first kappa shape index (κ1) is 26.5. The van der Waals surface area contributed by atoms with E-state index in [1.165, 1.54) is 0 Å². The van der Waals surface area contributed by atoms with E-state index in [0.29, 0.717) is 0 Å². The first-order valence-electron chi connectivity index (χ1n) is 9.88. The van der Waals surface area contributed by atoms with E-state index in [1.54, 1.807) is 57.0 Å². The number of rotatable bonds is 12. The van der Waals surface area contributed by atoms with Crippen LogP contribution in [0.4, 0.5) is 9.59 Å². The van der Waals surface area contributed by atoms with Gasteiger partial charge in [0.25, 0.3) is 0 Å². The number of imide groups is 1.